The Kier molecular flexibility index (Phi) is 5.70. The lowest BCUT2D eigenvalue weighted by Gasteiger charge is -2.19. The highest BCUT2D eigenvalue weighted by molar-refractivity contribution is 6.26. The summed E-state index contributed by atoms with van der Waals surface area (Å²) in [7, 11) is 0. The summed E-state index contributed by atoms with van der Waals surface area (Å²) in [4.78, 5) is 0. The van der Waals surface area contributed by atoms with Crippen LogP contribution in [-0.4, -0.2) is 0 Å². The maximum absolute atomic E-state index is 6.45. The van der Waals surface area contributed by atoms with E-state index in [1.807, 2.05) is 30.3 Å². The molecule has 0 saturated carbocycles. The summed E-state index contributed by atoms with van der Waals surface area (Å²) in [5.74, 6) is 0.854. The van der Waals surface area contributed by atoms with E-state index >= 15 is 0 Å². The first-order chi connectivity index (χ1) is 24.8. The smallest absolute Gasteiger partial charge is 0.136 e. The van der Waals surface area contributed by atoms with Gasteiger partial charge in [-0.3, -0.25) is 0 Å². The summed E-state index contributed by atoms with van der Waals surface area (Å²) in [6.45, 7) is 0. The molecule has 2 nitrogen and oxygen atoms in total. The van der Waals surface area contributed by atoms with Gasteiger partial charge in [-0.2, -0.15) is 0 Å². The summed E-state index contributed by atoms with van der Waals surface area (Å²) in [6, 6.07) is 60.9. The molecule has 0 bridgehead atoms. The van der Waals surface area contributed by atoms with E-state index in [1.165, 1.54) is 59.8 Å². The van der Waals surface area contributed by atoms with E-state index in [4.69, 9.17) is 8.83 Å². The van der Waals surface area contributed by atoms with Crippen LogP contribution in [0.3, 0.4) is 0 Å². The topological polar surface area (TPSA) is 26.3 Å². The number of hydrogen-bond donors (Lipinski definition) is 0. The van der Waals surface area contributed by atoms with Crippen molar-refractivity contribution in [3.8, 4) is 33.6 Å². The molecule has 0 saturated heterocycles. The summed E-state index contributed by atoms with van der Waals surface area (Å²) in [5.41, 5.74) is 8.55. The van der Waals surface area contributed by atoms with Crippen molar-refractivity contribution in [3.05, 3.63) is 170 Å². The maximum Gasteiger partial charge on any atom is 0.136 e. The van der Waals surface area contributed by atoms with Crippen LogP contribution in [0.2, 0.25) is 0 Å². The first-order valence-corrected chi connectivity index (χ1v) is 17.1. The van der Waals surface area contributed by atoms with Gasteiger partial charge in [-0.15, -0.1) is 0 Å². The second-order valence-corrected chi connectivity index (χ2v) is 13.2. The molecular weight excluding hydrogens is 609 g/mol. The van der Waals surface area contributed by atoms with Crippen LogP contribution in [0, 0.1) is 0 Å². The summed E-state index contributed by atoms with van der Waals surface area (Å²) < 4.78 is 12.8. The third kappa shape index (κ3) is 3.90. The van der Waals surface area contributed by atoms with E-state index < -0.39 is 0 Å². The van der Waals surface area contributed by atoms with Crippen molar-refractivity contribution in [3.63, 3.8) is 0 Å². The minimum absolute atomic E-state index is 0.854. The zero-order chi connectivity index (χ0) is 32.8. The molecule has 2 heteroatoms. The van der Waals surface area contributed by atoms with Gasteiger partial charge in [-0.1, -0.05) is 133 Å². The van der Waals surface area contributed by atoms with Gasteiger partial charge < -0.3 is 8.83 Å². The van der Waals surface area contributed by atoms with Crippen LogP contribution in [0.5, 0.6) is 0 Å². The summed E-state index contributed by atoms with van der Waals surface area (Å²) in [5, 5.41) is 13.2. The molecule has 50 heavy (non-hydrogen) atoms. The van der Waals surface area contributed by atoms with E-state index in [0.717, 1.165) is 49.8 Å². The Morgan fingerprint density at radius 1 is 0.300 bits per heavy atom. The van der Waals surface area contributed by atoms with Crippen LogP contribution in [-0.2, 0) is 0 Å². The number of hydrogen-bond acceptors (Lipinski definition) is 2. The molecule has 0 spiro atoms. The third-order valence-corrected chi connectivity index (χ3v) is 10.4. The van der Waals surface area contributed by atoms with Crippen LogP contribution in [0.1, 0.15) is 0 Å². The van der Waals surface area contributed by atoms with Crippen molar-refractivity contribution in [2.24, 2.45) is 0 Å². The van der Waals surface area contributed by atoms with Crippen LogP contribution in [0.25, 0.3) is 110 Å². The van der Waals surface area contributed by atoms with Gasteiger partial charge >= 0.3 is 0 Å². The van der Waals surface area contributed by atoms with Gasteiger partial charge in [0.2, 0.25) is 0 Å². The van der Waals surface area contributed by atoms with Gasteiger partial charge in [0, 0.05) is 21.7 Å². The Morgan fingerprint density at radius 3 is 1.58 bits per heavy atom. The molecule has 0 aliphatic heterocycles. The molecule has 2 heterocycles. The molecule has 232 valence electrons. The van der Waals surface area contributed by atoms with Crippen LogP contribution in [0.15, 0.2) is 179 Å². The van der Waals surface area contributed by atoms with E-state index in [2.05, 4.69) is 140 Å². The van der Waals surface area contributed by atoms with Crippen molar-refractivity contribution >= 4 is 76.0 Å². The van der Waals surface area contributed by atoms with Crippen LogP contribution >= 0.6 is 0 Å². The molecule has 0 atom stereocenters. The molecule has 0 aliphatic rings. The van der Waals surface area contributed by atoms with Crippen molar-refractivity contribution < 1.29 is 8.83 Å². The SMILES string of the molecule is c1ccc(-c2cc3c(ccc4oc5ccc(-c6c7ccccc7c(-c7cc8ccccc8c8ccccc78)c7ccccc67)cc5c43)o2)cc1. The van der Waals surface area contributed by atoms with E-state index in [-0.39, 0.29) is 0 Å². The molecule has 11 rings (SSSR count). The van der Waals surface area contributed by atoms with Gasteiger partial charge in [-0.05, 0) is 102 Å². The highest BCUT2D eigenvalue weighted by atomic mass is 16.3. The maximum atomic E-state index is 6.45. The largest absolute Gasteiger partial charge is 0.456 e. The lowest BCUT2D eigenvalue weighted by molar-refractivity contribution is 0.631. The standard InChI is InChI=1S/C48H28O2/c1-2-12-29(13-3-1)45-28-41-43(50-45)24-25-44-48(41)40-27-31(22-23-42(40)49-44)46-35-18-8-10-20-37(35)47(38-21-11-9-19-36(38)46)39-26-30-14-4-5-15-32(30)33-16-6-7-17-34(33)39/h1-28H. The lowest BCUT2D eigenvalue weighted by atomic mass is 9.83. The van der Waals surface area contributed by atoms with E-state index in [9.17, 15) is 0 Å². The monoisotopic (exact) mass is 636 g/mol. The van der Waals surface area contributed by atoms with Crippen molar-refractivity contribution in [1.29, 1.82) is 0 Å². The molecule has 0 amide bonds. The highest BCUT2D eigenvalue weighted by Gasteiger charge is 2.21. The number of furan rings is 2. The molecule has 0 fully saturated rings. The van der Waals surface area contributed by atoms with Gasteiger partial charge in [0.1, 0.15) is 22.5 Å². The zero-order valence-electron chi connectivity index (χ0n) is 27.0. The Bertz CT molecular complexity index is 3080. The van der Waals surface area contributed by atoms with Gasteiger partial charge in [-0.25, -0.2) is 0 Å². The van der Waals surface area contributed by atoms with Gasteiger partial charge in [0.25, 0.3) is 0 Å². The Labute approximate surface area is 287 Å². The molecular formula is C48H28O2. The van der Waals surface area contributed by atoms with Crippen LogP contribution < -0.4 is 0 Å². The molecule has 0 unspecified atom stereocenters. The fourth-order valence-electron chi connectivity index (χ4n) is 8.28. The Balaban J connectivity index is 1.21. The Hall–Kier alpha value is -6.64. The third-order valence-electron chi connectivity index (χ3n) is 10.4. The average Bonchev–Trinajstić information content (AvgIpc) is 3.78. The average molecular weight is 637 g/mol. The van der Waals surface area contributed by atoms with E-state index in [0.29, 0.717) is 0 Å². The van der Waals surface area contributed by atoms with Crippen molar-refractivity contribution in [2.45, 2.75) is 0 Å². The van der Waals surface area contributed by atoms with Crippen molar-refractivity contribution in [2.75, 3.05) is 0 Å². The molecule has 2 aromatic heterocycles. The normalized spacial score (nSPS) is 12.0. The zero-order valence-corrected chi connectivity index (χ0v) is 27.0. The fourth-order valence-corrected chi connectivity index (χ4v) is 8.28. The molecule has 0 radical (unpaired) electrons. The number of benzene rings is 9. The predicted octanol–water partition coefficient (Wildman–Crippen LogP) is 13.9. The molecule has 0 N–H and O–H groups in total. The fraction of sp³-hybridized carbons (Fsp3) is 0. The molecule has 9 aromatic carbocycles. The predicted molar refractivity (Wildman–Crippen MR) is 210 cm³/mol. The number of fused-ring (bicyclic) bond motifs is 10. The van der Waals surface area contributed by atoms with Crippen molar-refractivity contribution in [1.82, 2.24) is 0 Å². The second kappa shape index (κ2) is 10.4. The lowest BCUT2D eigenvalue weighted by Crippen LogP contribution is -1.92. The quantitative estimate of drug-likeness (QED) is 0.142. The molecule has 11 aromatic rings. The van der Waals surface area contributed by atoms with Gasteiger partial charge in [0.15, 0.2) is 0 Å². The van der Waals surface area contributed by atoms with E-state index in [1.54, 1.807) is 0 Å². The van der Waals surface area contributed by atoms with Gasteiger partial charge in [0.05, 0.1) is 0 Å². The Morgan fingerprint density at radius 2 is 0.840 bits per heavy atom. The first kappa shape index (κ1) is 27.3. The first-order valence-electron chi connectivity index (χ1n) is 17.1. The number of rotatable bonds is 3. The molecule has 0 aliphatic carbocycles. The summed E-state index contributed by atoms with van der Waals surface area (Å²) >= 11 is 0. The highest BCUT2D eigenvalue weighted by Crippen LogP contribution is 2.47. The second-order valence-electron chi connectivity index (χ2n) is 13.2. The summed E-state index contributed by atoms with van der Waals surface area (Å²) in [6.07, 6.45) is 0. The van der Waals surface area contributed by atoms with Crippen LogP contribution in [0.4, 0.5) is 0 Å². The minimum atomic E-state index is 0.854. The minimum Gasteiger partial charge on any atom is -0.456 e.